The predicted molar refractivity (Wildman–Crippen MR) is 84.8 cm³/mol. The maximum absolute atomic E-state index is 9.70. The van der Waals surface area contributed by atoms with Gasteiger partial charge in [-0.1, -0.05) is 18.2 Å². The van der Waals surface area contributed by atoms with Crippen molar-refractivity contribution in [3.8, 4) is 11.5 Å². The van der Waals surface area contributed by atoms with Gasteiger partial charge < -0.3 is 20.9 Å². The maximum Gasteiger partial charge on any atom is 0.193 e. The molecular formula is C16H19N3O2. The third kappa shape index (κ3) is 4.14. The van der Waals surface area contributed by atoms with Crippen molar-refractivity contribution in [3.63, 3.8) is 0 Å². The van der Waals surface area contributed by atoms with E-state index in [1.165, 1.54) is 7.11 Å². The van der Waals surface area contributed by atoms with Crippen LogP contribution < -0.4 is 15.8 Å². The molecule has 5 heteroatoms. The number of phenolic OH excluding ortho intramolecular Hbond substituents is 1. The summed E-state index contributed by atoms with van der Waals surface area (Å²) < 4.78 is 4.99. The van der Waals surface area contributed by atoms with Crippen LogP contribution in [0.25, 0.3) is 0 Å². The van der Waals surface area contributed by atoms with Crippen LogP contribution in [-0.2, 0) is 6.54 Å². The summed E-state index contributed by atoms with van der Waals surface area (Å²) in [7, 11) is 1.51. The fourth-order valence-electron chi connectivity index (χ4n) is 1.92. The monoisotopic (exact) mass is 285 g/mol. The van der Waals surface area contributed by atoms with E-state index in [9.17, 15) is 5.11 Å². The number of nitrogens with two attached hydrogens (primary N) is 1. The minimum absolute atomic E-state index is 0.0930. The largest absolute Gasteiger partial charge is 0.504 e. The van der Waals surface area contributed by atoms with Gasteiger partial charge in [0.05, 0.1) is 13.7 Å². The van der Waals surface area contributed by atoms with E-state index in [1.54, 1.807) is 12.1 Å². The van der Waals surface area contributed by atoms with Crippen LogP contribution in [-0.4, -0.2) is 18.2 Å². The molecule has 0 atom stereocenters. The van der Waals surface area contributed by atoms with Gasteiger partial charge in [0.25, 0.3) is 0 Å². The SMILES string of the molecule is COc1ccc(CN=C(N)Nc2cccc(C)c2)cc1O. The summed E-state index contributed by atoms with van der Waals surface area (Å²) in [6.45, 7) is 2.39. The smallest absolute Gasteiger partial charge is 0.193 e. The molecule has 5 nitrogen and oxygen atoms in total. The van der Waals surface area contributed by atoms with E-state index in [1.807, 2.05) is 37.3 Å². The Kier molecular flexibility index (Phi) is 4.66. The van der Waals surface area contributed by atoms with Gasteiger partial charge in [-0.25, -0.2) is 4.99 Å². The highest BCUT2D eigenvalue weighted by Crippen LogP contribution is 2.26. The number of rotatable bonds is 4. The molecule has 4 N–H and O–H groups in total. The van der Waals surface area contributed by atoms with Crippen molar-refractivity contribution in [1.29, 1.82) is 0 Å². The predicted octanol–water partition coefficient (Wildman–Crippen LogP) is 2.64. The van der Waals surface area contributed by atoms with Gasteiger partial charge in [0.1, 0.15) is 0 Å². The molecule has 0 saturated carbocycles. The Morgan fingerprint density at radius 1 is 1.29 bits per heavy atom. The fourth-order valence-corrected chi connectivity index (χ4v) is 1.92. The Balaban J connectivity index is 2.01. The van der Waals surface area contributed by atoms with E-state index in [0.717, 1.165) is 16.8 Å². The topological polar surface area (TPSA) is 79.9 Å². The van der Waals surface area contributed by atoms with Crippen LogP contribution in [0.2, 0.25) is 0 Å². The van der Waals surface area contributed by atoms with Gasteiger partial charge >= 0.3 is 0 Å². The highest BCUT2D eigenvalue weighted by atomic mass is 16.5. The van der Waals surface area contributed by atoms with Crippen molar-refractivity contribution >= 4 is 11.6 Å². The number of methoxy groups -OCH3 is 1. The summed E-state index contributed by atoms with van der Waals surface area (Å²) in [6, 6.07) is 13.0. The lowest BCUT2D eigenvalue weighted by molar-refractivity contribution is 0.373. The lowest BCUT2D eigenvalue weighted by Crippen LogP contribution is -2.22. The van der Waals surface area contributed by atoms with Crippen LogP contribution in [0.4, 0.5) is 5.69 Å². The second kappa shape index (κ2) is 6.65. The Hall–Kier alpha value is -2.69. The summed E-state index contributed by atoms with van der Waals surface area (Å²) in [6.07, 6.45) is 0. The van der Waals surface area contributed by atoms with Gasteiger partial charge in [-0.05, 0) is 42.3 Å². The quantitative estimate of drug-likeness (QED) is 0.596. The van der Waals surface area contributed by atoms with Gasteiger partial charge in [0, 0.05) is 5.69 Å². The first-order valence-electron chi connectivity index (χ1n) is 6.58. The standard InChI is InChI=1S/C16H19N3O2/c1-11-4-3-5-13(8-11)19-16(17)18-10-12-6-7-15(21-2)14(20)9-12/h3-9,20H,10H2,1-2H3,(H3,17,18,19). The molecule has 2 rings (SSSR count). The molecule has 0 spiro atoms. The molecule has 0 aliphatic heterocycles. The van der Waals surface area contributed by atoms with E-state index in [-0.39, 0.29) is 5.75 Å². The number of aromatic hydroxyl groups is 1. The molecule has 21 heavy (non-hydrogen) atoms. The maximum atomic E-state index is 9.70. The van der Waals surface area contributed by atoms with Crippen LogP contribution in [0.1, 0.15) is 11.1 Å². The van der Waals surface area contributed by atoms with Crippen molar-refractivity contribution < 1.29 is 9.84 Å². The zero-order valence-corrected chi connectivity index (χ0v) is 12.1. The molecule has 0 aromatic heterocycles. The number of aryl methyl sites for hydroxylation is 1. The average molecular weight is 285 g/mol. The Morgan fingerprint density at radius 2 is 2.10 bits per heavy atom. The lowest BCUT2D eigenvalue weighted by Gasteiger charge is -2.07. The Morgan fingerprint density at radius 3 is 2.76 bits per heavy atom. The summed E-state index contributed by atoms with van der Waals surface area (Å²) in [5, 5.41) is 12.7. The molecule has 0 bridgehead atoms. The van der Waals surface area contributed by atoms with E-state index < -0.39 is 0 Å². The van der Waals surface area contributed by atoms with Gasteiger partial charge in [0.2, 0.25) is 0 Å². The Labute approximate surface area is 124 Å². The zero-order valence-electron chi connectivity index (χ0n) is 12.1. The van der Waals surface area contributed by atoms with Crippen molar-refractivity contribution in [1.82, 2.24) is 0 Å². The summed E-state index contributed by atoms with van der Waals surface area (Å²) in [5.41, 5.74) is 8.74. The van der Waals surface area contributed by atoms with E-state index in [4.69, 9.17) is 10.5 Å². The first-order valence-corrected chi connectivity index (χ1v) is 6.58. The first-order chi connectivity index (χ1) is 10.1. The van der Waals surface area contributed by atoms with Crippen molar-refractivity contribution in [2.45, 2.75) is 13.5 Å². The van der Waals surface area contributed by atoms with Crippen LogP contribution in [0.15, 0.2) is 47.5 Å². The van der Waals surface area contributed by atoms with Gasteiger partial charge in [-0.2, -0.15) is 0 Å². The number of benzene rings is 2. The minimum atomic E-state index is 0.0930. The highest BCUT2D eigenvalue weighted by Gasteiger charge is 2.02. The number of hydrogen-bond donors (Lipinski definition) is 3. The number of hydrogen-bond acceptors (Lipinski definition) is 3. The second-order valence-corrected chi connectivity index (χ2v) is 4.70. The van der Waals surface area contributed by atoms with Gasteiger partial charge in [-0.15, -0.1) is 0 Å². The van der Waals surface area contributed by atoms with Gasteiger partial charge in [0.15, 0.2) is 17.5 Å². The molecule has 0 aliphatic rings. The number of nitrogens with one attached hydrogen (secondary N) is 1. The summed E-state index contributed by atoms with van der Waals surface area (Å²) in [4.78, 5) is 4.25. The normalized spacial score (nSPS) is 11.2. The lowest BCUT2D eigenvalue weighted by atomic mass is 10.2. The van der Waals surface area contributed by atoms with Gasteiger partial charge in [-0.3, -0.25) is 0 Å². The van der Waals surface area contributed by atoms with Crippen molar-refractivity contribution in [3.05, 3.63) is 53.6 Å². The molecule has 0 radical (unpaired) electrons. The Bertz CT molecular complexity index is 654. The number of anilines is 1. The number of ether oxygens (including phenoxy) is 1. The van der Waals surface area contributed by atoms with E-state index >= 15 is 0 Å². The van der Waals surface area contributed by atoms with Crippen LogP contribution in [0.5, 0.6) is 11.5 Å². The van der Waals surface area contributed by atoms with E-state index in [0.29, 0.717) is 18.3 Å². The number of aliphatic imine (C=N–C) groups is 1. The number of phenols is 1. The molecule has 0 fully saturated rings. The zero-order chi connectivity index (χ0) is 15.2. The van der Waals surface area contributed by atoms with E-state index in [2.05, 4.69) is 10.3 Å². The number of nitrogens with zero attached hydrogens (tertiary/aromatic N) is 1. The third-order valence-corrected chi connectivity index (χ3v) is 2.97. The summed E-state index contributed by atoms with van der Waals surface area (Å²) in [5.74, 6) is 0.861. The van der Waals surface area contributed by atoms with Crippen LogP contribution >= 0.6 is 0 Å². The molecule has 2 aromatic rings. The summed E-state index contributed by atoms with van der Waals surface area (Å²) >= 11 is 0. The van der Waals surface area contributed by atoms with Crippen molar-refractivity contribution in [2.75, 3.05) is 12.4 Å². The number of guanidine groups is 1. The molecule has 0 amide bonds. The van der Waals surface area contributed by atoms with Crippen LogP contribution in [0, 0.1) is 6.92 Å². The first kappa shape index (κ1) is 14.7. The fraction of sp³-hybridized carbons (Fsp3) is 0.188. The molecule has 0 heterocycles. The second-order valence-electron chi connectivity index (χ2n) is 4.70. The molecule has 0 aliphatic carbocycles. The average Bonchev–Trinajstić information content (AvgIpc) is 2.45. The van der Waals surface area contributed by atoms with Crippen LogP contribution in [0.3, 0.4) is 0 Å². The minimum Gasteiger partial charge on any atom is -0.504 e. The molecule has 2 aromatic carbocycles. The molecular weight excluding hydrogens is 266 g/mol. The van der Waals surface area contributed by atoms with Crippen molar-refractivity contribution in [2.24, 2.45) is 10.7 Å². The highest BCUT2D eigenvalue weighted by molar-refractivity contribution is 5.92. The third-order valence-electron chi connectivity index (χ3n) is 2.97. The molecule has 0 saturated heterocycles. The molecule has 0 unspecified atom stereocenters. The molecule has 110 valence electrons.